The van der Waals surface area contributed by atoms with Crippen molar-refractivity contribution in [2.24, 2.45) is 4.99 Å². The van der Waals surface area contributed by atoms with E-state index in [4.69, 9.17) is 16.6 Å². The average Bonchev–Trinajstić information content (AvgIpc) is 2.62. The molecule has 1 atom stereocenters. The van der Waals surface area contributed by atoms with E-state index in [0.717, 1.165) is 33.1 Å². The number of nitrogens with zero attached hydrogens (tertiary/aromatic N) is 1. The molecule has 1 heterocycles. The van der Waals surface area contributed by atoms with E-state index >= 15 is 0 Å². The lowest BCUT2D eigenvalue weighted by atomic mass is 9.97. The van der Waals surface area contributed by atoms with E-state index in [-0.39, 0.29) is 6.17 Å². The summed E-state index contributed by atoms with van der Waals surface area (Å²) in [5.74, 6) is 0. The van der Waals surface area contributed by atoms with Gasteiger partial charge in [0.15, 0.2) is 0 Å². The summed E-state index contributed by atoms with van der Waals surface area (Å²) in [5.41, 5.74) is 5.27. The van der Waals surface area contributed by atoms with Crippen molar-refractivity contribution >= 4 is 23.0 Å². The molecule has 0 amide bonds. The minimum absolute atomic E-state index is 0.186. The van der Waals surface area contributed by atoms with Gasteiger partial charge in [-0.15, -0.1) is 0 Å². The summed E-state index contributed by atoms with van der Waals surface area (Å²) >= 11 is 6.37. The van der Waals surface area contributed by atoms with Crippen molar-refractivity contribution in [3.8, 4) is 0 Å². The Morgan fingerprint density at radius 3 is 2.30 bits per heavy atom. The molecule has 23 heavy (non-hydrogen) atoms. The van der Waals surface area contributed by atoms with Crippen LogP contribution >= 0.6 is 11.6 Å². The van der Waals surface area contributed by atoms with Crippen molar-refractivity contribution in [2.75, 3.05) is 5.32 Å². The van der Waals surface area contributed by atoms with E-state index in [1.165, 1.54) is 0 Å². The molecule has 0 spiro atoms. The van der Waals surface area contributed by atoms with Gasteiger partial charge in [-0.2, -0.15) is 0 Å². The Bertz CT molecular complexity index is 872. The standard InChI is InChI=1S/C20H15ClN2/c21-17-12-6-4-10-15(17)20-22-18-13-7-5-11-16(18)19(23-20)14-8-2-1-3-9-14/h1-13,20,22H. The molecule has 0 saturated heterocycles. The fourth-order valence-electron chi connectivity index (χ4n) is 2.86. The zero-order chi connectivity index (χ0) is 15.6. The molecule has 2 nitrogen and oxygen atoms in total. The normalized spacial score (nSPS) is 16.2. The van der Waals surface area contributed by atoms with Crippen molar-refractivity contribution in [1.82, 2.24) is 0 Å². The lowest BCUT2D eigenvalue weighted by Crippen LogP contribution is -2.20. The molecule has 1 N–H and O–H groups in total. The van der Waals surface area contributed by atoms with Gasteiger partial charge in [0, 0.05) is 27.4 Å². The largest absolute Gasteiger partial charge is 0.359 e. The number of rotatable bonds is 2. The lowest BCUT2D eigenvalue weighted by Gasteiger charge is -2.26. The maximum Gasteiger partial charge on any atom is 0.146 e. The highest BCUT2D eigenvalue weighted by Gasteiger charge is 2.23. The van der Waals surface area contributed by atoms with Crippen molar-refractivity contribution in [3.05, 3.63) is 101 Å². The van der Waals surface area contributed by atoms with Crippen LogP contribution in [0.25, 0.3) is 0 Å². The van der Waals surface area contributed by atoms with Crippen LogP contribution in [0, 0.1) is 0 Å². The molecule has 0 saturated carbocycles. The Morgan fingerprint density at radius 1 is 0.783 bits per heavy atom. The summed E-state index contributed by atoms with van der Waals surface area (Å²) in [4.78, 5) is 4.95. The molecule has 3 aromatic rings. The zero-order valence-corrected chi connectivity index (χ0v) is 13.2. The molecule has 0 radical (unpaired) electrons. The number of hydrogen-bond acceptors (Lipinski definition) is 2. The van der Waals surface area contributed by atoms with Crippen LogP contribution in [0.3, 0.4) is 0 Å². The van der Waals surface area contributed by atoms with Gasteiger partial charge in [0.05, 0.1) is 5.71 Å². The summed E-state index contributed by atoms with van der Waals surface area (Å²) in [5, 5.41) is 4.20. The fourth-order valence-corrected chi connectivity index (χ4v) is 3.10. The van der Waals surface area contributed by atoms with E-state index in [0.29, 0.717) is 0 Å². The Kier molecular flexibility index (Phi) is 3.60. The van der Waals surface area contributed by atoms with Crippen LogP contribution in [0.5, 0.6) is 0 Å². The first-order valence-corrected chi connectivity index (χ1v) is 7.94. The van der Waals surface area contributed by atoms with Crippen LogP contribution in [0.15, 0.2) is 83.9 Å². The third kappa shape index (κ3) is 2.62. The first kappa shape index (κ1) is 14.0. The quantitative estimate of drug-likeness (QED) is 0.681. The minimum Gasteiger partial charge on any atom is -0.359 e. The Labute approximate surface area is 140 Å². The zero-order valence-electron chi connectivity index (χ0n) is 12.4. The number of benzene rings is 3. The molecule has 3 aromatic carbocycles. The van der Waals surface area contributed by atoms with Gasteiger partial charge < -0.3 is 5.32 Å². The van der Waals surface area contributed by atoms with E-state index in [2.05, 4.69) is 29.6 Å². The predicted octanol–water partition coefficient (Wildman–Crippen LogP) is 5.30. The van der Waals surface area contributed by atoms with Gasteiger partial charge in [-0.05, 0) is 12.1 Å². The molecule has 1 aliphatic rings. The fraction of sp³-hybridized carbons (Fsp3) is 0.0500. The second-order valence-electron chi connectivity index (χ2n) is 5.46. The molecule has 3 heteroatoms. The van der Waals surface area contributed by atoms with Crippen LogP contribution in [-0.2, 0) is 0 Å². The maximum absolute atomic E-state index is 6.37. The van der Waals surface area contributed by atoms with Crippen LogP contribution in [0.1, 0.15) is 22.9 Å². The first-order chi connectivity index (χ1) is 11.3. The van der Waals surface area contributed by atoms with E-state index in [9.17, 15) is 0 Å². The SMILES string of the molecule is Clc1ccccc1C1N=C(c2ccccc2)c2ccccc2N1. The monoisotopic (exact) mass is 318 g/mol. The molecule has 0 aliphatic carbocycles. The second kappa shape index (κ2) is 5.90. The molecule has 1 aliphatic heterocycles. The number of halogens is 1. The summed E-state index contributed by atoms with van der Waals surface area (Å²) in [7, 11) is 0. The van der Waals surface area contributed by atoms with Crippen LogP contribution < -0.4 is 5.32 Å². The van der Waals surface area contributed by atoms with Crippen LogP contribution in [0.4, 0.5) is 5.69 Å². The van der Waals surface area contributed by atoms with Gasteiger partial charge in [0.25, 0.3) is 0 Å². The van der Waals surface area contributed by atoms with Gasteiger partial charge >= 0.3 is 0 Å². The summed E-state index contributed by atoms with van der Waals surface area (Å²) in [6.07, 6.45) is -0.186. The highest BCUT2D eigenvalue weighted by atomic mass is 35.5. The Balaban J connectivity index is 1.88. The van der Waals surface area contributed by atoms with Crippen LogP contribution in [0.2, 0.25) is 5.02 Å². The number of hydrogen-bond donors (Lipinski definition) is 1. The minimum atomic E-state index is -0.186. The second-order valence-corrected chi connectivity index (χ2v) is 5.86. The third-order valence-corrected chi connectivity index (χ3v) is 4.32. The number of aliphatic imine (C=N–C) groups is 1. The number of nitrogens with one attached hydrogen (secondary N) is 1. The van der Waals surface area contributed by atoms with Gasteiger partial charge in [-0.25, -0.2) is 0 Å². The van der Waals surface area contributed by atoms with Gasteiger partial charge in [-0.3, -0.25) is 4.99 Å². The Morgan fingerprint density at radius 2 is 1.48 bits per heavy atom. The maximum atomic E-state index is 6.37. The summed E-state index contributed by atoms with van der Waals surface area (Å²) in [6.45, 7) is 0. The molecular formula is C20H15ClN2. The van der Waals surface area contributed by atoms with E-state index in [1.807, 2.05) is 54.6 Å². The van der Waals surface area contributed by atoms with Crippen molar-refractivity contribution < 1.29 is 0 Å². The highest BCUT2D eigenvalue weighted by molar-refractivity contribution is 6.31. The molecule has 4 rings (SSSR count). The molecule has 0 aromatic heterocycles. The number of fused-ring (bicyclic) bond motifs is 1. The lowest BCUT2D eigenvalue weighted by molar-refractivity contribution is 0.828. The molecule has 1 unspecified atom stereocenters. The summed E-state index contributed by atoms with van der Waals surface area (Å²) < 4.78 is 0. The Hall–Kier alpha value is -2.58. The van der Waals surface area contributed by atoms with Gasteiger partial charge in [-0.1, -0.05) is 78.3 Å². The van der Waals surface area contributed by atoms with Crippen molar-refractivity contribution in [2.45, 2.75) is 6.17 Å². The predicted molar refractivity (Wildman–Crippen MR) is 96.3 cm³/mol. The number of anilines is 1. The van der Waals surface area contributed by atoms with E-state index < -0.39 is 0 Å². The molecular weight excluding hydrogens is 304 g/mol. The molecule has 0 bridgehead atoms. The average molecular weight is 319 g/mol. The highest BCUT2D eigenvalue weighted by Crippen LogP contribution is 2.34. The van der Waals surface area contributed by atoms with Crippen LogP contribution in [-0.4, -0.2) is 5.71 Å². The molecule has 0 fully saturated rings. The smallest absolute Gasteiger partial charge is 0.146 e. The van der Waals surface area contributed by atoms with Gasteiger partial charge in [0.2, 0.25) is 0 Å². The van der Waals surface area contributed by atoms with E-state index in [1.54, 1.807) is 0 Å². The topological polar surface area (TPSA) is 24.4 Å². The van der Waals surface area contributed by atoms with Gasteiger partial charge in [0.1, 0.15) is 6.17 Å². The van der Waals surface area contributed by atoms with Crippen molar-refractivity contribution in [3.63, 3.8) is 0 Å². The third-order valence-electron chi connectivity index (χ3n) is 3.98. The first-order valence-electron chi connectivity index (χ1n) is 7.56. The number of para-hydroxylation sites is 1. The summed E-state index contributed by atoms with van der Waals surface area (Å²) in [6, 6.07) is 26.3. The van der Waals surface area contributed by atoms with Crippen molar-refractivity contribution in [1.29, 1.82) is 0 Å². The molecule has 112 valence electrons.